The molecule has 1 fully saturated rings. The highest BCUT2D eigenvalue weighted by atomic mass is 16.5. The summed E-state index contributed by atoms with van der Waals surface area (Å²) >= 11 is 0. The van der Waals surface area contributed by atoms with Gasteiger partial charge in [0.2, 0.25) is 5.91 Å². The number of nitrogens with zero attached hydrogens (tertiary/aromatic N) is 1. The molecule has 0 radical (unpaired) electrons. The van der Waals surface area contributed by atoms with Crippen molar-refractivity contribution in [2.45, 2.75) is 52.2 Å². The summed E-state index contributed by atoms with van der Waals surface area (Å²) in [5.74, 6) is 0.0751. The fourth-order valence-corrected chi connectivity index (χ4v) is 2.69. The van der Waals surface area contributed by atoms with Gasteiger partial charge in [-0.05, 0) is 25.8 Å². The lowest BCUT2D eigenvalue weighted by Gasteiger charge is -2.36. The van der Waals surface area contributed by atoms with Gasteiger partial charge in [0, 0.05) is 24.9 Å². The molecule has 2 rings (SSSR count). The van der Waals surface area contributed by atoms with Crippen molar-refractivity contribution < 1.29 is 14.3 Å². The third-order valence-corrected chi connectivity index (χ3v) is 4.18. The van der Waals surface area contributed by atoms with Crippen molar-refractivity contribution in [3.05, 3.63) is 35.4 Å². The zero-order valence-electron chi connectivity index (χ0n) is 13.7. The SMILES string of the molecule is CCc1ccc(C(=O)CCC(=O)N2CC(C)OCC2C)cc1. The molecule has 1 aliphatic rings. The van der Waals surface area contributed by atoms with E-state index in [-0.39, 0.29) is 36.7 Å². The van der Waals surface area contributed by atoms with Crippen LogP contribution in [0.3, 0.4) is 0 Å². The summed E-state index contributed by atoms with van der Waals surface area (Å²) in [4.78, 5) is 26.3. The molecule has 22 heavy (non-hydrogen) atoms. The van der Waals surface area contributed by atoms with Crippen molar-refractivity contribution in [3.63, 3.8) is 0 Å². The zero-order valence-corrected chi connectivity index (χ0v) is 13.7. The Labute approximate surface area is 132 Å². The molecule has 1 aliphatic heterocycles. The van der Waals surface area contributed by atoms with E-state index in [0.717, 1.165) is 6.42 Å². The minimum absolute atomic E-state index is 0.0324. The van der Waals surface area contributed by atoms with E-state index < -0.39 is 0 Å². The van der Waals surface area contributed by atoms with Crippen molar-refractivity contribution in [1.82, 2.24) is 4.90 Å². The predicted molar refractivity (Wildman–Crippen MR) is 86.0 cm³/mol. The number of amides is 1. The highest BCUT2D eigenvalue weighted by molar-refractivity contribution is 5.98. The van der Waals surface area contributed by atoms with Crippen LogP contribution in [0.1, 0.15) is 49.5 Å². The van der Waals surface area contributed by atoms with Gasteiger partial charge in [-0.25, -0.2) is 0 Å². The number of carbonyl (C=O) groups is 2. The molecule has 0 saturated carbocycles. The smallest absolute Gasteiger partial charge is 0.223 e. The molecule has 0 spiro atoms. The molecule has 1 amide bonds. The number of rotatable bonds is 5. The molecule has 0 aliphatic carbocycles. The van der Waals surface area contributed by atoms with E-state index in [1.165, 1.54) is 5.56 Å². The van der Waals surface area contributed by atoms with Crippen LogP contribution in [0.15, 0.2) is 24.3 Å². The Balaban J connectivity index is 1.88. The maximum Gasteiger partial charge on any atom is 0.223 e. The van der Waals surface area contributed by atoms with Crippen molar-refractivity contribution in [2.24, 2.45) is 0 Å². The third-order valence-electron chi connectivity index (χ3n) is 4.18. The average molecular weight is 303 g/mol. The molecule has 1 heterocycles. The van der Waals surface area contributed by atoms with Crippen LogP contribution in [0, 0.1) is 0 Å². The highest BCUT2D eigenvalue weighted by Gasteiger charge is 2.27. The van der Waals surface area contributed by atoms with E-state index in [9.17, 15) is 9.59 Å². The summed E-state index contributed by atoms with van der Waals surface area (Å²) in [5, 5.41) is 0. The number of ether oxygens (including phenoxy) is 1. The third kappa shape index (κ3) is 4.17. The van der Waals surface area contributed by atoms with Gasteiger partial charge in [-0.15, -0.1) is 0 Å². The Bertz CT molecular complexity index is 524. The van der Waals surface area contributed by atoms with Crippen LogP contribution in [0.5, 0.6) is 0 Å². The van der Waals surface area contributed by atoms with Gasteiger partial charge in [-0.2, -0.15) is 0 Å². The Morgan fingerprint density at radius 3 is 2.50 bits per heavy atom. The number of ketones is 1. The lowest BCUT2D eigenvalue weighted by Crippen LogP contribution is -2.50. The van der Waals surface area contributed by atoms with Gasteiger partial charge in [-0.3, -0.25) is 9.59 Å². The minimum atomic E-state index is 0.0324. The van der Waals surface area contributed by atoms with E-state index in [1.54, 1.807) is 0 Å². The Morgan fingerprint density at radius 2 is 1.86 bits per heavy atom. The summed E-state index contributed by atoms with van der Waals surface area (Å²) in [6, 6.07) is 7.74. The van der Waals surface area contributed by atoms with Gasteiger partial charge in [-0.1, -0.05) is 31.2 Å². The standard InChI is InChI=1S/C18H25NO3/c1-4-15-5-7-16(8-6-15)17(20)9-10-18(21)19-11-14(3)22-12-13(19)2/h5-8,13-14H,4,9-12H2,1-3H3. The molecule has 2 unspecified atom stereocenters. The van der Waals surface area contributed by atoms with Gasteiger partial charge in [0.15, 0.2) is 5.78 Å². The molecule has 120 valence electrons. The molecule has 1 aromatic rings. The fourth-order valence-electron chi connectivity index (χ4n) is 2.69. The highest BCUT2D eigenvalue weighted by Crippen LogP contribution is 2.15. The van der Waals surface area contributed by atoms with E-state index >= 15 is 0 Å². The second-order valence-corrected chi connectivity index (χ2v) is 6.01. The summed E-state index contributed by atoms with van der Waals surface area (Å²) in [6.45, 7) is 7.21. The average Bonchev–Trinajstić information content (AvgIpc) is 2.54. The van der Waals surface area contributed by atoms with Crippen LogP contribution in [0.25, 0.3) is 0 Å². The van der Waals surface area contributed by atoms with E-state index in [4.69, 9.17) is 4.74 Å². The normalized spacial score (nSPS) is 21.7. The van der Waals surface area contributed by atoms with E-state index in [2.05, 4.69) is 6.92 Å². The Morgan fingerprint density at radius 1 is 1.18 bits per heavy atom. The molecule has 0 bridgehead atoms. The minimum Gasteiger partial charge on any atom is -0.375 e. The molecule has 0 aromatic heterocycles. The van der Waals surface area contributed by atoms with Crippen molar-refractivity contribution in [2.75, 3.05) is 13.2 Å². The zero-order chi connectivity index (χ0) is 16.1. The first-order valence-corrected chi connectivity index (χ1v) is 8.04. The van der Waals surface area contributed by atoms with E-state index in [1.807, 2.05) is 43.0 Å². The number of morpholine rings is 1. The molecular weight excluding hydrogens is 278 g/mol. The lowest BCUT2D eigenvalue weighted by atomic mass is 10.0. The summed E-state index contributed by atoms with van der Waals surface area (Å²) in [5.41, 5.74) is 1.90. The molecular formula is C18H25NO3. The monoisotopic (exact) mass is 303 g/mol. The maximum atomic E-state index is 12.3. The van der Waals surface area contributed by atoms with Crippen molar-refractivity contribution in [3.8, 4) is 0 Å². The quantitative estimate of drug-likeness (QED) is 0.786. The summed E-state index contributed by atoms with van der Waals surface area (Å²) in [6.07, 6.45) is 1.56. The fraction of sp³-hybridized carbons (Fsp3) is 0.556. The molecule has 1 aromatic carbocycles. The first-order chi connectivity index (χ1) is 10.5. The molecule has 1 saturated heterocycles. The number of hydrogen-bond donors (Lipinski definition) is 0. The van der Waals surface area contributed by atoms with Gasteiger partial charge < -0.3 is 9.64 Å². The first kappa shape index (κ1) is 16.7. The van der Waals surface area contributed by atoms with Gasteiger partial charge >= 0.3 is 0 Å². The largest absolute Gasteiger partial charge is 0.375 e. The Kier molecular flexibility index (Phi) is 5.72. The van der Waals surface area contributed by atoms with Crippen LogP contribution in [0.4, 0.5) is 0 Å². The molecule has 2 atom stereocenters. The predicted octanol–water partition coefficient (Wildman–Crippen LogP) is 2.85. The van der Waals surface area contributed by atoms with Crippen LogP contribution in [0.2, 0.25) is 0 Å². The maximum absolute atomic E-state index is 12.3. The number of carbonyl (C=O) groups excluding carboxylic acids is 2. The lowest BCUT2D eigenvalue weighted by molar-refractivity contribution is -0.143. The van der Waals surface area contributed by atoms with Crippen LogP contribution >= 0.6 is 0 Å². The van der Waals surface area contributed by atoms with Crippen LogP contribution < -0.4 is 0 Å². The van der Waals surface area contributed by atoms with E-state index in [0.29, 0.717) is 18.7 Å². The van der Waals surface area contributed by atoms with Gasteiger partial charge in [0.25, 0.3) is 0 Å². The number of Topliss-reactive ketones (excluding diaryl/α,β-unsaturated/α-hetero) is 1. The summed E-state index contributed by atoms with van der Waals surface area (Å²) in [7, 11) is 0. The topological polar surface area (TPSA) is 46.6 Å². The number of aryl methyl sites for hydroxylation is 1. The summed E-state index contributed by atoms with van der Waals surface area (Å²) < 4.78 is 5.53. The molecule has 4 heteroatoms. The molecule has 0 N–H and O–H groups in total. The number of hydrogen-bond acceptors (Lipinski definition) is 3. The van der Waals surface area contributed by atoms with Crippen molar-refractivity contribution >= 4 is 11.7 Å². The molecule has 4 nitrogen and oxygen atoms in total. The van der Waals surface area contributed by atoms with Gasteiger partial charge in [0.05, 0.1) is 18.8 Å². The van der Waals surface area contributed by atoms with Crippen LogP contribution in [-0.2, 0) is 16.0 Å². The van der Waals surface area contributed by atoms with Crippen LogP contribution in [-0.4, -0.2) is 41.9 Å². The van der Waals surface area contributed by atoms with Crippen molar-refractivity contribution in [1.29, 1.82) is 0 Å². The second-order valence-electron chi connectivity index (χ2n) is 6.01. The Hall–Kier alpha value is -1.68. The first-order valence-electron chi connectivity index (χ1n) is 8.04. The van der Waals surface area contributed by atoms with Gasteiger partial charge in [0.1, 0.15) is 0 Å². The second kappa shape index (κ2) is 7.54. The number of benzene rings is 1.